The quantitative estimate of drug-likeness (QED) is 0.737. The fourth-order valence-corrected chi connectivity index (χ4v) is 1.89. The first-order chi connectivity index (χ1) is 8.97. The monoisotopic (exact) mass is 276 g/mol. The lowest BCUT2D eigenvalue weighted by molar-refractivity contribution is 0.102. The van der Waals surface area contributed by atoms with Gasteiger partial charge in [0, 0.05) is 5.69 Å². The molecule has 0 unspecified atom stereocenters. The van der Waals surface area contributed by atoms with E-state index in [9.17, 15) is 9.90 Å². The second kappa shape index (κ2) is 5.20. The molecule has 2 aromatic rings. The number of nitrogens with two attached hydrogens (primary N) is 1. The first kappa shape index (κ1) is 13.2. The average molecular weight is 277 g/mol. The van der Waals surface area contributed by atoms with Gasteiger partial charge in [-0.15, -0.1) is 0 Å². The van der Waals surface area contributed by atoms with Gasteiger partial charge in [-0.1, -0.05) is 17.7 Å². The minimum absolute atomic E-state index is 0.0657. The van der Waals surface area contributed by atoms with Gasteiger partial charge >= 0.3 is 0 Å². The smallest absolute Gasteiger partial charge is 0.259 e. The van der Waals surface area contributed by atoms with E-state index in [-0.39, 0.29) is 11.3 Å². The fourth-order valence-electron chi connectivity index (χ4n) is 1.66. The number of amides is 1. The van der Waals surface area contributed by atoms with E-state index in [0.29, 0.717) is 16.4 Å². The zero-order chi connectivity index (χ0) is 14.0. The van der Waals surface area contributed by atoms with Crippen molar-refractivity contribution in [2.45, 2.75) is 6.92 Å². The lowest BCUT2D eigenvalue weighted by atomic mass is 10.1. The normalized spacial score (nSPS) is 10.2. The molecule has 0 aromatic heterocycles. The molecule has 0 radical (unpaired) electrons. The minimum Gasteiger partial charge on any atom is -0.507 e. The van der Waals surface area contributed by atoms with Crippen LogP contribution in [0.5, 0.6) is 5.75 Å². The standard InChI is InChI=1S/C14H13ClN2O2/c1-8-2-4-10(13(18)6-8)14(19)17-12-5-3-9(16)7-11(12)15/h2-7,18H,16H2,1H3,(H,17,19). The molecule has 0 aliphatic carbocycles. The van der Waals surface area contributed by atoms with E-state index >= 15 is 0 Å². The number of halogens is 1. The summed E-state index contributed by atoms with van der Waals surface area (Å²) in [5, 5.41) is 12.7. The van der Waals surface area contributed by atoms with Crippen molar-refractivity contribution in [3.05, 3.63) is 52.5 Å². The molecule has 0 aliphatic heterocycles. The van der Waals surface area contributed by atoms with E-state index in [0.717, 1.165) is 5.56 Å². The Morgan fingerprint density at radius 3 is 2.63 bits per heavy atom. The highest BCUT2D eigenvalue weighted by molar-refractivity contribution is 6.34. The van der Waals surface area contributed by atoms with Gasteiger partial charge in [0.15, 0.2) is 0 Å². The predicted octanol–water partition coefficient (Wildman–Crippen LogP) is 3.19. The second-order valence-electron chi connectivity index (χ2n) is 4.21. The number of nitrogens with one attached hydrogen (secondary N) is 1. The van der Waals surface area contributed by atoms with Crippen LogP contribution in [0.4, 0.5) is 11.4 Å². The Balaban J connectivity index is 2.25. The van der Waals surface area contributed by atoms with Gasteiger partial charge in [-0.25, -0.2) is 0 Å². The summed E-state index contributed by atoms with van der Waals surface area (Å²) in [7, 11) is 0. The van der Waals surface area contributed by atoms with Crippen LogP contribution in [0.3, 0.4) is 0 Å². The van der Waals surface area contributed by atoms with Gasteiger partial charge in [0.1, 0.15) is 5.75 Å². The molecule has 2 rings (SSSR count). The molecule has 0 spiro atoms. The molecule has 4 nitrogen and oxygen atoms in total. The van der Waals surface area contributed by atoms with Gasteiger partial charge < -0.3 is 16.2 Å². The van der Waals surface area contributed by atoms with Crippen molar-refractivity contribution in [2.24, 2.45) is 0 Å². The molecule has 2 aromatic carbocycles. The Morgan fingerprint density at radius 2 is 2.00 bits per heavy atom. The number of aromatic hydroxyl groups is 1. The number of carbonyl (C=O) groups is 1. The van der Waals surface area contributed by atoms with Crippen molar-refractivity contribution < 1.29 is 9.90 Å². The Labute approximate surface area is 115 Å². The summed E-state index contributed by atoms with van der Waals surface area (Å²) in [5.41, 5.74) is 7.60. The molecule has 4 N–H and O–H groups in total. The molecule has 0 aliphatic rings. The van der Waals surface area contributed by atoms with Gasteiger partial charge in [-0.2, -0.15) is 0 Å². The van der Waals surface area contributed by atoms with Gasteiger partial charge in [-0.3, -0.25) is 4.79 Å². The number of hydrogen-bond acceptors (Lipinski definition) is 3. The van der Waals surface area contributed by atoms with Crippen LogP contribution < -0.4 is 11.1 Å². The van der Waals surface area contributed by atoms with Gasteiger partial charge in [0.25, 0.3) is 5.91 Å². The van der Waals surface area contributed by atoms with Crippen LogP contribution in [0.25, 0.3) is 0 Å². The molecule has 0 fully saturated rings. The van der Waals surface area contributed by atoms with Crippen LogP contribution in [-0.4, -0.2) is 11.0 Å². The number of benzene rings is 2. The molecule has 5 heteroatoms. The third-order valence-electron chi connectivity index (χ3n) is 2.64. The van der Waals surface area contributed by atoms with Crippen LogP contribution in [0, 0.1) is 6.92 Å². The van der Waals surface area contributed by atoms with E-state index in [2.05, 4.69) is 5.32 Å². The first-order valence-corrected chi connectivity index (χ1v) is 6.01. The molecule has 0 bridgehead atoms. The van der Waals surface area contributed by atoms with Crippen LogP contribution in [0.2, 0.25) is 5.02 Å². The summed E-state index contributed by atoms with van der Waals surface area (Å²) in [6.45, 7) is 1.83. The Bertz CT molecular complexity index is 641. The van der Waals surface area contributed by atoms with Crippen molar-refractivity contribution in [1.82, 2.24) is 0 Å². The molecular weight excluding hydrogens is 264 g/mol. The number of rotatable bonds is 2. The van der Waals surface area contributed by atoms with E-state index in [1.807, 2.05) is 6.92 Å². The summed E-state index contributed by atoms with van der Waals surface area (Å²) >= 11 is 5.97. The lowest BCUT2D eigenvalue weighted by Gasteiger charge is -2.09. The maximum atomic E-state index is 12.0. The second-order valence-corrected chi connectivity index (χ2v) is 4.62. The van der Waals surface area contributed by atoms with Crippen LogP contribution in [0.1, 0.15) is 15.9 Å². The Hall–Kier alpha value is -2.20. The van der Waals surface area contributed by atoms with E-state index < -0.39 is 5.91 Å². The Morgan fingerprint density at radius 1 is 1.26 bits per heavy atom. The zero-order valence-corrected chi connectivity index (χ0v) is 11.0. The third-order valence-corrected chi connectivity index (χ3v) is 2.95. The first-order valence-electron chi connectivity index (χ1n) is 5.63. The molecule has 0 atom stereocenters. The van der Waals surface area contributed by atoms with Gasteiger partial charge in [0.05, 0.1) is 16.3 Å². The molecular formula is C14H13ClN2O2. The summed E-state index contributed by atoms with van der Waals surface area (Å²) in [4.78, 5) is 12.0. The van der Waals surface area contributed by atoms with Crippen LogP contribution in [-0.2, 0) is 0 Å². The topological polar surface area (TPSA) is 75.4 Å². The molecule has 0 saturated heterocycles. The van der Waals surface area contributed by atoms with Gasteiger partial charge in [0.2, 0.25) is 0 Å². The number of anilines is 2. The van der Waals surface area contributed by atoms with Crippen LogP contribution in [0.15, 0.2) is 36.4 Å². The predicted molar refractivity (Wildman–Crippen MR) is 76.7 cm³/mol. The number of nitrogen functional groups attached to an aromatic ring is 1. The lowest BCUT2D eigenvalue weighted by Crippen LogP contribution is -2.12. The summed E-state index contributed by atoms with van der Waals surface area (Å²) in [6, 6.07) is 9.63. The minimum atomic E-state index is -0.427. The summed E-state index contributed by atoms with van der Waals surface area (Å²) in [6.07, 6.45) is 0. The number of hydrogen-bond donors (Lipinski definition) is 3. The van der Waals surface area contributed by atoms with Crippen molar-refractivity contribution in [2.75, 3.05) is 11.1 Å². The van der Waals surface area contributed by atoms with E-state index in [4.69, 9.17) is 17.3 Å². The summed E-state index contributed by atoms with van der Waals surface area (Å²) < 4.78 is 0. The average Bonchev–Trinajstić information content (AvgIpc) is 2.32. The largest absolute Gasteiger partial charge is 0.507 e. The number of aryl methyl sites for hydroxylation is 1. The zero-order valence-electron chi connectivity index (χ0n) is 10.3. The summed E-state index contributed by atoms with van der Waals surface area (Å²) in [5.74, 6) is -0.492. The maximum absolute atomic E-state index is 12.0. The molecule has 0 saturated carbocycles. The number of phenols is 1. The highest BCUT2D eigenvalue weighted by atomic mass is 35.5. The molecule has 1 amide bonds. The number of carbonyl (C=O) groups excluding carboxylic acids is 1. The maximum Gasteiger partial charge on any atom is 0.259 e. The molecule has 0 heterocycles. The molecule has 98 valence electrons. The van der Waals surface area contributed by atoms with Crippen molar-refractivity contribution in [3.8, 4) is 5.75 Å². The van der Waals surface area contributed by atoms with Crippen LogP contribution >= 0.6 is 11.6 Å². The number of phenolic OH excluding ortho intramolecular Hbond substituents is 1. The Kier molecular flexibility index (Phi) is 3.62. The highest BCUT2D eigenvalue weighted by Crippen LogP contribution is 2.26. The van der Waals surface area contributed by atoms with E-state index in [1.54, 1.807) is 30.3 Å². The fraction of sp³-hybridized carbons (Fsp3) is 0.0714. The van der Waals surface area contributed by atoms with Crippen molar-refractivity contribution in [3.63, 3.8) is 0 Å². The van der Waals surface area contributed by atoms with Gasteiger partial charge in [-0.05, 0) is 42.8 Å². The third kappa shape index (κ3) is 2.98. The molecule has 19 heavy (non-hydrogen) atoms. The highest BCUT2D eigenvalue weighted by Gasteiger charge is 2.12. The van der Waals surface area contributed by atoms with Crippen molar-refractivity contribution in [1.29, 1.82) is 0 Å². The SMILES string of the molecule is Cc1ccc(C(=O)Nc2ccc(N)cc2Cl)c(O)c1. The van der Waals surface area contributed by atoms with Crippen molar-refractivity contribution >= 4 is 28.9 Å². The van der Waals surface area contributed by atoms with E-state index in [1.165, 1.54) is 6.07 Å².